The van der Waals surface area contributed by atoms with E-state index in [0.717, 1.165) is 19.6 Å². The molecule has 0 spiro atoms. The third-order valence-electron chi connectivity index (χ3n) is 3.50. The summed E-state index contributed by atoms with van der Waals surface area (Å²) in [6.07, 6.45) is 9.77. The standard InChI is InChI=1S/C12H18N2O/c1-3-7-14-10(5-1)9-13-12(14)11-6-2-4-8-15-11/h9,11H,1-8H2. The number of nitrogens with zero attached hydrogens (tertiary/aromatic N) is 2. The minimum absolute atomic E-state index is 0.269. The Morgan fingerprint density at radius 1 is 1.27 bits per heavy atom. The summed E-state index contributed by atoms with van der Waals surface area (Å²) >= 11 is 0. The van der Waals surface area contributed by atoms with Crippen LogP contribution >= 0.6 is 0 Å². The van der Waals surface area contributed by atoms with Crippen LogP contribution in [0.15, 0.2) is 6.20 Å². The second kappa shape index (κ2) is 3.97. The molecule has 1 unspecified atom stereocenters. The quantitative estimate of drug-likeness (QED) is 0.705. The molecule has 15 heavy (non-hydrogen) atoms. The Labute approximate surface area is 90.5 Å². The SMILES string of the molecule is c1nc(C2CCCCO2)n2c1CCCC2. The highest BCUT2D eigenvalue weighted by Gasteiger charge is 2.23. The smallest absolute Gasteiger partial charge is 0.138 e. The van der Waals surface area contributed by atoms with Gasteiger partial charge in [0.1, 0.15) is 11.9 Å². The third-order valence-corrected chi connectivity index (χ3v) is 3.50. The monoisotopic (exact) mass is 206 g/mol. The summed E-state index contributed by atoms with van der Waals surface area (Å²) in [5.74, 6) is 1.18. The number of ether oxygens (including phenoxy) is 1. The molecule has 0 N–H and O–H groups in total. The van der Waals surface area contributed by atoms with Crippen molar-refractivity contribution < 1.29 is 4.74 Å². The van der Waals surface area contributed by atoms with Gasteiger partial charge in [-0.05, 0) is 38.5 Å². The zero-order valence-corrected chi connectivity index (χ0v) is 9.11. The summed E-state index contributed by atoms with van der Waals surface area (Å²) in [5, 5.41) is 0. The lowest BCUT2D eigenvalue weighted by molar-refractivity contribution is 0.00698. The molecule has 1 fully saturated rings. The van der Waals surface area contributed by atoms with Crippen molar-refractivity contribution in [3.05, 3.63) is 17.7 Å². The fraction of sp³-hybridized carbons (Fsp3) is 0.750. The summed E-state index contributed by atoms with van der Waals surface area (Å²) in [6, 6.07) is 0. The topological polar surface area (TPSA) is 27.1 Å². The lowest BCUT2D eigenvalue weighted by atomic mass is 10.1. The first-order chi connectivity index (χ1) is 7.45. The highest BCUT2D eigenvalue weighted by atomic mass is 16.5. The molecule has 0 aromatic carbocycles. The van der Waals surface area contributed by atoms with Gasteiger partial charge in [-0.3, -0.25) is 0 Å². The Morgan fingerprint density at radius 2 is 2.27 bits per heavy atom. The normalized spacial score (nSPS) is 26.3. The minimum atomic E-state index is 0.269. The van der Waals surface area contributed by atoms with Crippen LogP contribution in [0.2, 0.25) is 0 Å². The van der Waals surface area contributed by atoms with Gasteiger partial charge in [-0.25, -0.2) is 4.98 Å². The first-order valence-electron chi connectivity index (χ1n) is 6.11. The molecule has 0 bridgehead atoms. The van der Waals surface area contributed by atoms with E-state index in [2.05, 4.69) is 9.55 Å². The summed E-state index contributed by atoms with van der Waals surface area (Å²) in [5.41, 5.74) is 1.41. The van der Waals surface area contributed by atoms with Gasteiger partial charge in [-0.1, -0.05) is 0 Å². The van der Waals surface area contributed by atoms with Crippen molar-refractivity contribution in [1.29, 1.82) is 0 Å². The van der Waals surface area contributed by atoms with Gasteiger partial charge in [0.15, 0.2) is 0 Å². The second-order valence-electron chi connectivity index (χ2n) is 4.57. The summed E-state index contributed by atoms with van der Waals surface area (Å²) in [7, 11) is 0. The van der Waals surface area contributed by atoms with Gasteiger partial charge in [0.25, 0.3) is 0 Å². The molecule has 1 aromatic heterocycles. The average molecular weight is 206 g/mol. The van der Waals surface area contributed by atoms with Crippen molar-refractivity contribution in [3.63, 3.8) is 0 Å². The van der Waals surface area contributed by atoms with E-state index in [1.165, 1.54) is 43.6 Å². The van der Waals surface area contributed by atoms with Crippen molar-refractivity contribution in [3.8, 4) is 0 Å². The Balaban J connectivity index is 1.87. The Hall–Kier alpha value is -0.830. The van der Waals surface area contributed by atoms with E-state index in [1.807, 2.05) is 6.20 Å². The first-order valence-corrected chi connectivity index (χ1v) is 6.11. The van der Waals surface area contributed by atoms with E-state index >= 15 is 0 Å². The van der Waals surface area contributed by atoms with Gasteiger partial charge in [0, 0.05) is 25.0 Å². The third kappa shape index (κ3) is 1.69. The molecular weight excluding hydrogens is 188 g/mol. The van der Waals surface area contributed by atoms with Gasteiger partial charge in [-0.2, -0.15) is 0 Å². The van der Waals surface area contributed by atoms with Crippen molar-refractivity contribution in [2.45, 2.75) is 51.2 Å². The molecule has 0 amide bonds. The summed E-state index contributed by atoms with van der Waals surface area (Å²) < 4.78 is 8.19. The molecular formula is C12H18N2O. The summed E-state index contributed by atoms with van der Waals surface area (Å²) in [4.78, 5) is 4.56. The van der Waals surface area contributed by atoms with Gasteiger partial charge in [0.05, 0.1) is 0 Å². The Bertz CT molecular complexity index is 339. The van der Waals surface area contributed by atoms with Gasteiger partial charge in [0.2, 0.25) is 0 Å². The van der Waals surface area contributed by atoms with Crippen LogP contribution in [-0.4, -0.2) is 16.2 Å². The number of hydrogen-bond donors (Lipinski definition) is 0. The fourth-order valence-electron chi connectivity index (χ4n) is 2.66. The zero-order valence-electron chi connectivity index (χ0n) is 9.11. The van der Waals surface area contributed by atoms with Crippen LogP contribution in [0.3, 0.4) is 0 Å². The molecule has 0 aliphatic carbocycles. The number of aryl methyl sites for hydroxylation is 1. The molecule has 0 saturated carbocycles. The van der Waals surface area contributed by atoms with E-state index in [9.17, 15) is 0 Å². The minimum Gasteiger partial charge on any atom is -0.370 e. The second-order valence-corrected chi connectivity index (χ2v) is 4.57. The molecule has 3 heteroatoms. The lowest BCUT2D eigenvalue weighted by Gasteiger charge is -2.25. The first kappa shape index (κ1) is 9.40. The van der Waals surface area contributed by atoms with Crippen LogP contribution in [-0.2, 0) is 17.7 Å². The maximum atomic E-state index is 5.81. The molecule has 3 rings (SSSR count). The van der Waals surface area contributed by atoms with Crippen molar-refractivity contribution in [1.82, 2.24) is 9.55 Å². The average Bonchev–Trinajstić information content (AvgIpc) is 2.74. The van der Waals surface area contributed by atoms with E-state index in [0.29, 0.717) is 0 Å². The maximum Gasteiger partial charge on any atom is 0.138 e. The largest absolute Gasteiger partial charge is 0.370 e. The van der Waals surface area contributed by atoms with Crippen LogP contribution in [0, 0.1) is 0 Å². The van der Waals surface area contributed by atoms with Gasteiger partial charge >= 0.3 is 0 Å². The molecule has 0 radical (unpaired) electrons. The van der Waals surface area contributed by atoms with Gasteiger partial charge in [-0.15, -0.1) is 0 Å². The van der Waals surface area contributed by atoms with Crippen molar-refractivity contribution in [2.24, 2.45) is 0 Å². The maximum absolute atomic E-state index is 5.81. The number of imidazole rings is 1. The Kier molecular flexibility index (Phi) is 2.49. The molecule has 3 nitrogen and oxygen atoms in total. The molecule has 1 saturated heterocycles. The van der Waals surface area contributed by atoms with E-state index in [-0.39, 0.29) is 6.10 Å². The number of aromatic nitrogens is 2. The highest BCUT2D eigenvalue weighted by Crippen LogP contribution is 2.29. The predicted octanol–water partition coefficient (Wildman–Crippen LogP) is 2.46. The number of hydrogen-bond acceptors (Lipinski definition) is 2. The fourth-order valence-corrected chi connectivity index (χ4v) is 2.66. The van der Waals surface area contributed by atoms with Crippen molar-refractivity contribution in [2.75, 3.05) is 6.61 Å². The highest BCUT2D eigenvalue weighted by molar-refractivity contribution is 5.10. The van der Waals surface area contributed by atoms with E-state index < -0.39 is 0 Å². The van der Waals surface area contributed by atoms with Crippen LogP contribution < -0.4 is 0 Å². The molecule has 2 aliphatic heterocycles. The summed E-state index contributed by atoms with van der Waals surface area (Å²) in [6.45, 7) is 2.05. The predicted molar refractivity (Wildman–Crippen MR) is 57.7 cm³/mol. The van der Waals surface area contributed by atoms with E-state index in [4.69, 9.17) is 4.74 Å². The van der Waals surface area contributed by atoms with Crippen LogP contribution in [0.1, 0.15) is 49.7 Å². The van der Waals surface area contributed by atoms with Crippen molar-refractivity contribution >= 4 is 0 Å². The number of rotatable bonds is 1. The Morgan fingerprint density at radius 3 is 3.13 bits per heavy atom. The molecule has 1 atom stereocenters. The molecule has 3 heterocycles. The molecule has 82 valence electrons. The van der Waals surface area contributed by atoms with Crippen LogP contribution in [0.5, 0.6) is 0 Å². The molecule has 1 aromatic rings. The zero-order chi connectivity index (χ0) is 10.1. The van der Waals surface area contributed by atoms with Crippen LogP contribution in [0.25, 0.3) is 0 Å². The van der Waals surface area contributed by atoms with E-state index in [1.54, 1.807) is 0 Å². The molecule has 2 aliphatic rings. The lowest BCUT2D eigenvalue weighted by Crippen LogP contribution is -2.19. The van der Waals surface area contributed by atoms with Crippen LogP contribution in [0.4, 0.5) is 0 Å². The van der Waals surface area contributed by atoms with Gasteiger partial charge < -0.3 is 9.30 Å². The number of fused-ring (bicyclic) bond motifs is 1.